The zero-order valence-corrected chi connectivity index (χ0v) is 11.1. The quantitative estimate of drug-likeness (QED) is 0.896. The van der Waals surface area contributed by atoms with E-state index >= 15 is 0 Å². The van der Waals surface area contributed by atoms with Crippen LogP contribution < -0.4 is 4.72 Å². The molecule has 1 atom stereocenters. The molecule has 0 aliphatic heterocycles. The van der Waals surface area contributed by atoms with Gasteiger partial charge in [-0.25, -0.2) is 13.1 Å². The Morgan fingerprint density at radius 3 is 2.47 bits per heavy atom. The molecule has 1 unspecified atom stereocenters. The van der Waals surface area contributed by atoms with E-state index in [9.17, 15) is 8.42 Å². The molecule has 0 spiro atoms. The van der Waals surface area contributed by atoms with Gasteiger partial charge in [0.05, 0.1) is 4.90 Å². The number of hydrogen-bond donors (Lipinski definition) is 1. The minimum atomic E-state index is -3.36. The van der Waals surface area contributed by atoms with Crippen molar-refractivity contribution in [2.24, 2.45) is 5.92 Å². The van der Waals surface area contributed by atoms with Crippen LogP contribution in [0.2, 0.25) is 0 Å². The average molecular weight is 253 g/mol. The number of rotatable bonds is 4. The highest BCUT2D eigenvalue weighted by atomic mass is 32.2. The maximum Gasteiger partial charge on any atom is 0.241 e. The molecule has 0 radical (unpaired) electrons. The normalized spacial score (nSPS) is 18.7. The molecule has 17 heavy (non-hydrogen) atoms. The highest BCUT2D eigenvalue weighted by molar-refractivity contribution is 7.89. The first-order valence-electron chi connectivity index (χ1n) is 6.08. The van der Waals surface area contributed by atoms with Crippen molar-refractivity contribution in [3.63, 3.8) is 0 Å². The van der Waals surface area contributed by atoms with Gasteiger partial charge in [-0.2, -0.15) is 0 Å². The summed E-state index contributed by atoms with van der Waals surface area (Å²) in [7, 11) is -3.36. The van der Waals surface area contributed by atoms with Crippen molar-refractivity contribution < 1.29 is 8.42 Å². The summed E-state index contributed by atoms with van der Waals surface area (Å²) in [5.74, 6) is 0.508. The molecular formula is C13H19NO2S. The van der Waals surface area contributed by atoms with Crippen LogP contribution in [0.25, 0.3) is 0 Å². The van der Waals surface area contributed by atoms with Crippen molar-refractivity contribution in [3.8, 4) is 0 Å². The van der Waals surface area contributed by atoms with Gasteiger partial charge in [0.2, 0.25) is 10.0 Å². The molecule has 0 saturated heterocycles. The summed E-state index contributed by atoms with van der Waals surface area (Å²) >= 11 is 0. The fraction of sp³-hybridized carbons (Fsp3) is 0.538. The lowest BCUT2D eigenvalue weighted by molar-refractivity contribution is 0.260. The smallest absolute Gasteiger partial charge is 0.208 e. The number of nitrogens with one attached hydrogen (secondary N) is 1. The largest absolute Gasteiger partial charge is 0.241 e. The standard InChI is InChI=1S/C13H19NO2S/c1-10-6-3-4-9-13(10)17(15,16)14-11(2)12-7-5-8-12/h3-4,6,9,11-12,14H,5,7-8H2,1-2H3. The molecule has 1 fully saturated rings. The van der Waals surface area contributed by atoms with Crippen LogP contribution in [0.3, 0.4) is 0 Å². The van der Waals surface area contributed by atoms with Crippen molar-refractivity contribution in [2.45, 2.75) is 44.0 Å². The van der Waals surface area contributed by atoms with Crippen molar-refractivity contribution in [3.05, 3.63) is 29.8 Å². The maximum atomic E-state index is 12.2. The molecule has 0 heterocycles. The van der Waals surface area contributed by atoms with E-state index < -0.39 is 10.0 Å². The number of aryl methyl sites for hydroxylation is 1. The first kappa shape index (κ1) is 12.6. The molecule has 0 aromatic heterocycles. The third-order valence-corrected chi connectivity index (χ3v) is 5.30. The lowest BCUT2D eigenvalue weighted by Gasteiger charge is -2.31. The number of benzene rings is 1. The first-order chi connectivity index (χ1) is 8.00. The van der Waals surface area contributed by atoms with Gasteiger partial charge in [-0.1, -0.05) is 24.6 Å². The molecule has 94 valence electrons. The molecule has 1 N–H and O–H groups in total. The summed E-state index contributed by atoms with van der Waals surface area (Å²) in [5, 5.41) is 0. The molecule has 4 heteroatoms. The summed E-state index contributed by atoms with van der Waals surface area (Å²) in [4.78, 5) is 0.395. The van der Waals surface area contributed by atoms with Gasteiger partial charge in [0, 0.05) is 6.04 Å². The predicted octanol–water partition coefficient (Wildman–Crippen LogP) is 2.46. The van der Waals surface area contributed by atoms with E-state index in [1.54, 1.807) is 12.1 Å². The second-order valence-electron chi connectivity index (χ2n) is 4.87. The molecule has 1 aliphatic carbocycles. The van der Waals surface area contributed by atoms with Crippen LogP contribution in [0.1, 0.15) is 31.7 Å². The van der Waals surface area contributed by atoms with Gasteiger partial charge in [-0.3, -0.25) is 0 Å². The Kier molecular flexibility index (Phi) is 3.54. The average Bonchev–Trinajstić information content (AvgIpc) is 2.13. The Hall–Kier alpha value is -0.870. The minimum absolute atomic E-state index is 0.0355. The van der Waals surface area contributed by atoms with Crippen molar-refractivity contribution >= 4 is 10.0 Å². The number of hydrogen-bond acceptors (Lipinski definition) is 2. The van der Waals surface area contributed by atoms with E-state index in [-0.39, 0.29) is 6.04 Å². The van der Waals surface area contributed by atoms with Crippen molar-refractivity contribution in [1.82, 2.24) is 4.72 Å². The summed E-state index contributed by atoms with van der Waals surface area (Å²) in [6.07, 6.45) is 3.50. The third kappa shape index (κ3) is 2.69. The second kappa shape index (κ2) is 4.78. The zero-order chi connectivity index (χ0) is 12.5. The lowest BCUT2D eigenvalue weighted by atomic mass is 9.81. The zero-order valence-electron chi connectivity index (χ0n) is 10.3. The summed E-state index contributed by atoms with van der Waals surface area (Å²) < 4.78 is 27.2. The van der Waals surface area contributed by atoms with Gasteiger partial charge in [0.15, 0.2) is 0 Å². The van der Waals surface area contributed by atoms with Crippen LogP contribution in [-0.2, 0) is 10.0 Å². The van der Waals surface area contributed by atoms with E-state index in [2.05, 4.69) is 4.72 Å². The molecule has 0 bridgehead atoms. The Bertz CT molecular complexity index is 492. The topological polar surface area (TPSA) is 46.2 Å². The molecule has 1 saturated carbocycles. The molecule has 1 aromatic carbocycles. The highest BCUT2D eigenvalue weighted by Crippen LogP contribution is 2.30. The van der Waals surface area contributed by atoms with Gasteiger partial charge >= 0.3 is 0 Å². The van der Waals surface area contributed by atoms with Crippen LogP contribution in [0.5, 0.6) is 0 Å². The number of sulfonamides is 1. The molecule has 3 nitrogen and oxygen atoms in total. The van der Waals surface area contributed by atoms with Gasteiger partial charge < -0.3 is 0 Å². The van der Waals surface area contributed by atoms with Crippen molar-refractivity contribution in [2.75, 3.05) is 0 Å². The molecule has 1 aromatic rings. The molecular weight excluding hydrogens is 234 g/mol. The maximum absolute atomic E-state index is 12.2. The summed E-state index contributed by atoms with van der Waals surface area (Å²) in [5.41, 5.74) is 0.792. The molecule has 0 amide bonds. The van der Waals surface area contributed by atoms with E-state index in [4.69, 9.17) is 0 Å². The van der Waals surface area contributed by atoms with Gasteiger partial charge in [-0.15, -0.1) is 0 Å². The van der Waals surface area contributed by atoms with E-state index in [1.807, 2.05) is 26.0 Å². The molecule has 1 aliphatic rings. The van der Waals surface area contributed by atoms with E-state index in [0.29, 0.717) is 10.8 Å². The second-order valence-corrected chi connectivity index (χ2v) is 6.55. The SMILES string of the molecule is Cc1ccccc1S(=O)(=O)NC(C)C1CCC1. The Morgan fingerprint density at radius 1 is 1.29 bits per heavy atom. The van der Waals surface area contributed by atoms with Crippen LogP contribution in [0.15, 0.2) is 29.2 Å². The van der Waals surface area contributed by atoms with Gasteiger partial charge in [-0.05, 0) is 44.2 Å². The third-order valence-electron chi connectivity index (χ3n) is 3.58. The van der Waals surface area contributed by atoms with Crippen LogP contribution >= 0.6 is 0 Å². The molecule has 2 rings (SSSR count). The fourth-order valence-corrected chi connectivity index (χ4v) is 3.76. The Morgan fingerprint density at radius 2 is 1.94 bits per heavy atom. The van der Waals surface area contributed by atoms with Crippen molar-refractivity contribution in [1.29, 1.82) is 0 Å². The highest BCUT2D eigenvalue weighted by Gasteiger charge is 2.28. The Balaban J connectivity index is 2.16. The van der Waals surface area contributed by atoms with E-state index in [0.717, 1.165) is 18.4 Å². The monoisotopic (exact) mass is 253 g/mol. The van der Waals surface area contributed by atoms with Crippen LogP contribution in [0.4, 0.5) is 0 Å². The van der Waals surface area contributed by atoms with Crippen LogP contribution in [0, 0.1) is 12.8 Å². The predicted molar refractivity (Wildman–Crippen MR) is 68.3 cm³/mol. The Labute approximate surface area is 103 Å². The fourth-order valence-electron chi connectivity index (χ4n) is 2.20. The van der Waals surface area contributed by atoms with E-state index in [1.165, 1.54) is 6.42 Å². The summed E-state index contributed by atoms with van der Waals surface area (Å²) in [6, 6.07) is 7.13. The minimum Gasteiger partial charge on any atom is -0.208 e. The summed E-state index contributed by atoms with van der Waals surface area (Å²) in [6.45, 7) is 3.78. The van der Waals surface area contributed by atoms with Gasteiger partial charge in [0.25, 0.3) is 0 Å². The lowest BCUT2D eigenvalue weighted by Crippen LogP contribution is -2.40. The van der Waals surface area contributed by atoms with Gasteiger partial charge in [0.1, 0.15) is 0 Å². The van der Waals surface area contributed by atoms with Crippen LogP contribution in [-0.4, -0.2) is 14.5 Å². The first-order valence-corrected chi connectivity index (χ1v) is 7.57.